The molecule has 0 N–H and O–H groups in total. The molecule has 0 bridgehead atoms. The molecular weight excluding hydrogens is 454 g/mol. The summed E-state index contributed by atoms with van der Waals surface area (Å²) >= 11 is 0. The molecule has 10 fully saturated rings. The molecule has 0 aliphatic carbocycles. The molecule has 0 saturated carbocycles. The molecule has 0 aromatic rings. The van der Waals surface area contributed by atoms with Gasteiger partial charge in [0.05, 0.1) is 0 Å². The van der Waals surface area contributed by atoms with Gasteiger partial charge in [0, 0.05) is 0 Å². The van der Waals surface area contributed by atoms with Gasteiger partial charge in [-0.15, -0.1) is 0 Å². The standard InChI is InChI=1S/C23H43P2.C5H5.Fe/c1-20(2,3)24(21(4,5)6)16-18-14-13-15-19(18)17-25(22(7,8)9)23(10,11)12;1-2-4-5-3-1;/h13-15H,16-17H2,1-12H3;1-5H;. The summed E-state index contributed by atoms with van der Waals surface area (Å²) < 4.78 is 2.07. The summed E-state index contributed by atoms with van der Waals surface area (Å²) in [5.74, 6) is 0. The molecule has 3 heteroatoms. The average Bonchev–Trinajstić information content (AvgIpc) is 3.47. The van der Waals surface area contributed by atoms with Crippen LogP contribution in [0.1, 0.15) is 83.1 Å². The van der Waals surface area contributed by atoms with Crippen molar-refractivity contribution in [3.8, 4) is 0 Å². The van der Waals surface area contributed by atoms with Gasteiger partial charge < -0.3 is 0 Å². The molecule has 10 heterocycles. The first kappa shape index (κ1) is 18.6. The van der Waals surface area contributed by atoms with Gasteiger partial charge in [0.2, 0.25) is 0 Å². The summed E-state index contributed by atoms with van der Waals surface area (Å²) in [5.41, 5.74) is 0. The quantitative estimate of drug-likeness (QED) is 0.265. The second-order valence-electron chi connectivity index (χ2n) is 19.9. The van der Waals surface area contributed by atoms with Crippen molar-refractivity contribution in [2.45, 2.75) is 151 Å². The fourth-order valence-electron chi connectivity index (χ4n) is 21.8. The van der Waals surface area contributed by atoms with Crippen molar-refractivity contribution in [1.82, 2.24) is 0 Å². The van der Waals surface area contributed by atoms with E-state index in [0.717, 1.165) is 8.63 Å². The van der Waals surface area contributed by atoms with E-state index < -0.39 is 6.51 Å². The van der Waals surface area contributed by atoms with Crippen LogP contribution >= 0.6 is 15.8 Å². The molecule has 10 rings (SSSR count). The predicted octanol–water partition coefficient (Wildman–Crippen LogP) is 10.3. The van der Waals surface area contributed by atoms with Crippen molar-refractivity contribution in [3.63, 3.8) is 0 Å². The molecule has 4 unspecified atom stereocenters. The third-order valence-corrected chi connectivity index (χ3v) is 72.2. The first-order valence-electron chi connectivity index (χ1n) is 13.4. The van der Waals surface area contributed by atoms with Crippen molar-refractivity contribution in [2.24, 2.45) is 0 Å². The van der Waals surface area contributed by atoms with Gasteiger partial charge in [0.15, 0.2) is 0 Å². The second-order valence-corrected chi connectivity index (χ2v) is 51.1. The Labute approximate surface area is 185 Å². The molecule has 0 amide bonds. The summed E-state index contributed by atoms with van der Waals surface area (Å²) in [6, 6.07) is 0. The van der Waals surface area contributed by atoms with Crippen LogP contribution in [0.3, 0.4) is 0 Å². The molecule has 0 aromatic heterocycles. The summed E-state index contributed by atoms with van der Waals surface area (Å²) in [7, 11) is 0.161. The summed E-state index contributed by atoms with van der Waals surface area (Å²) in [6.45, 7) is 28.2. The topological polar surface area (TPSA) is 0 Å². The molecule has 0 radical (unpaired) electrons. The molecule has 178 valence electrons. The van der Waals surface area contributed by atoms with Crippen LogP contribution in [0.2, 0.25) is 47.2 Å². The Morgan fingerprint density at radius 3 is 0.903 bits per heavy atom. The van der Waals surface area contributed by atoms with Gasteiger partial charge in [-0.3, -0.25) is 0 Å². The van der Waals surface area contributed by atoms with E-state index in [9.17, 15) is 0 Å². The van der Waals surface area contributed by atoms with Gasteiger partial charge in [0.25, 0.3) is 0 Å². The van der Waals surface area contributed by atoms with E-state index in [-0.39, 0.29) is 15.8 Å². The zero-order valence-electron chi connectivity index (χ0n) is 22.3. The Morgan fingerprint density at radius 1 is 0.484 bits per heavy atom. The van der Waals surface area contributed by atoms with Gasteiger partial charge in [-0.1, -0.05) is 0 Å². The summed E-state index contributed by atoms with van der Waals surface area (Å²) in [6.07, 6.45) is 3.52. The summed E-state index contributed by atoms with van der Waals surface area (Å²) in [5, 5.41) is 2.09. The maximum atomic E-state index is 2.62. The van der Waals surface area contributed by atoms with E-state index in [1.54, 1.807) is 12.3 Å². The Kier molecular flexibility index (Phi) is 1.33. The van der Waals surface area contributed by atoms with Crippen LogP contribution in [0.25, 0.3) is 0 Å². The van der Waals surface area contributed by atoms with Crippen molar-refractivity contribution < 1.29 is 6.51 Å². The van der Waals surface area contributed by atoms with Crippen molar-refractivity contribution in [1.29, 1.82) is 0 Å². The Hall–Kier alpha value is 1.38. The van der Waals surface area contributed by atoms with Crippen LogP contribution < -0.4 is 0 Å². The first-order chi connectivity index (χ1) is 13.6. The van der Waals surface area contributed by atoms with Crippen molar-refractivity contribution in [3.05, 3.63) is 0 Å². The Balaban J connectivity index is 1.20. The van der Waals surface area contributed by atoms with E-state index in [1.165, 1.54) is 38.5 Å². The SMILES string of the molecule is CC(C)(C)P(C[C]12[CH]3[CH]4[CH]5[C]1(CP(C(C)(C)C)C(C)(C)C)[Fe]43521678[CH]2[CH]1[CH]6[CH]7[CH]28)C(C)(C)C. The normalized spacial score (nSPS) is 75.9. The van der Waals surface area contributed by atoms with Gasteiger partial charge in [0.1, 0.15) is 0 Å². The fraction of sp³-hybridized carbons (Fsp3) is 1.00. The van der Waals surface area contributed by atoms with Crippen LogP contribution in [0, 0.1) is 0 Å². The number of rotatable bonds is 4. The zero-order chi connectivity index (χ0) is 22.5. The average molecular weight is 502 g/mol. The summed E-state index contributed by atoms with van der Waals surface area (Å²) in [4.78, 5) is 11.6. The van der Waals surface area contributed by atoms with Crippen LogP contribution in [0.5, 0.6) is 0 Å². The van der Waals surface area contributed by atoms with Crippen LogP contribution in [0.4, 0.5) is 0 Å². The Morgan fingerprint density at radius 2 is 0.742 bits per heavy atom. The van der Waals surface area contributed by atoms with Gasteiger partial charge in [-0.25, -0.2) is 0 Å². The van der Waals surface area contributed by atoms with E-state index in [2.05, 4.69) is 83.1 Å². The van der Waals surface area contributed by atoms with E-state index >= 15 is 0 Å². The molecule has 31 heavy (non-hydrogen) atoms. The molecule has 0 nitrogen and oxygen atoms in total. The van der Waals surface area contributed by atoms with E-state index in [0.29, 0.717) is 20.6 Å². The van der Waals surface area contributed by atoms with E-state index in [4.69, 9.17) is 0 Å². The Bertz CT molecular complexity index is 1240. The third kappa shape index (κ3) is 0.393. The first-order valence-corrected chi connectivity index (χ1v) is 22.6. The van der Waals surface area contributed by atoms with Crippen LogP contribution in [-0.4, -0.2) is 32.9 Å². The minimum absolute atomic E-state index is 0.0804. The number of hydrogen-bond donors (Lipinski definition) is 0. The second kappa shape index (κ2) is 2.21. The maximum absolute atomic E-state index is 3.32. The molecule has 10 saturated heterocycles. The zero-order valence-corrected chi connectivity index (χ0v) is 25.2. The third-order valence-electron chi connectivity index (χ3n) is 19.5. The molecular formula is C28H48FeP2. The molecule has 10 aliphatic rings. The molecule has 0 aromatic carbocycles. The predicted molar refractivity (Wildman–Crippen MR) is 138 cm³/mol. The fourth-order valence-corrected chi connectivity index (χ4v) is 113. The van der Waals surface area contributed by atoms with Crippen LogP contribution in [0.15, 0.2) is 0 Å². The molecule has 4 atom stereocenters. The molecule has 10 aliphatic heterocycles. The minimum atomic E-state index is -3.32. The van der Waals surface area contributed by atoms with Gasteiger partial charge >= 0.3 is 186 Å². The number of hydrogen-bond acceptors (Lipinski definition) is 0. The van der Waals surface area contributed by atoms with E-state index in [1.807, 2.05) is 0 Å². The van der Waals surface area contributed by atoms with Crippen LogP contribution in [-0.2, 0) is 6.51 Å². The van der Waals surface area contributed by atoms with Gasteiger partial charge in [-0.2, -0.15) is 0 Å². The number of fused-ring (bicyclic) bond motifs is 10. The monoisotopic (exact) mass is 502 g/mol. The van der Waals surface area contributed by atoms with Crippen molar-refractivity contribution >= 4 is 15.8 Å². The van der Waals surface area contributed by atoms with Gasteiger partial charge in [-0.05, 0) is 0 Å². The van der Waals surface area contributed by atoms with Crippen molar-refractivity contribution in [2.75, 3.05) is 12.3 Å². The molecule has 1 spiro atoms.